The first kappa shape index (κ1) is 17.1. The summed E-state index contributed by atoms with van der Waals surface area (Å²) < 4.78 is 0. The van der Waals surface area contributed by atoms with Crippen molar-refractivity contribution in [3.63, 3.8) is 0 Å². The summed E-state index contributed by atoms with van der Waals surface area (Å²) in [5.41, 5.74) is 5.88. The van der Waals surface area contributed by atoms with Crippen LogP contribution >= 0.6 is 11.8 Å². The molecule has 4 N–H and O–H groups in total. The molecule has 0 bridgehead atoms. The van der Waals surface area contributed by atoms with Crippen LogP contribution in [0.15, 0.2) is 53.4 Å². The first-order chi connectivity index (χ1) is 11.5. The summed E-state index contributed by atoms with van der Waals surface area (Å²) in [6.45, 7) is 0. The van der Waals surface area contributed by atoms with Gasteiger partial charge in [-0.05, 0) is 48.2 Å². The summed E-state index contributed by atoms with van der Waals surface area (Å²) in [6, 6.07) is 12.5. The molecule has 2 rings (SSSR count). The zero-order valence-corrected chi connectivity index (χ0v) is 13.1. The number of amides is 3. The second-order valence-electron chi connectivity index (χ2n) is 4.54. The fourth-order valence-electron chi connectivity index (χ4n) is 1.83. The fourth-order valence-corrected chi connectivity index (χ4v) is 2.21. The van der Waals surface area contributed by atoms with E-state index in [9.17, 15) is 14.4 Å². The monoisotopic (exact) mass is 340 g/mol. The Labute approximate surface area is 141 Å². The number of anilines is 2. The third-order valence-corrected chi connectivity index (χ3v) is 3.52. The van der Waals surface area contributed by atoms with Crippen LogP contribution in [0.3, 0.4) is 0 Å². The number of hydrogen-bond donors (Lipinski definition) is 3. The highest BCUT2D eigenvalue weighted by Gasteiger charge is 2.17. The molecule has 24 heavy (non-hydrogen) atoms. The summed E-state index contributed by atoms with van der Waals surface area (Å²) in [5, 5.41) is 15.3. The average molecular weight is 340 g/mol. The number of thiocyanates is 1. The van der Waals surface area contributed by atoms with Gasteiger partial charge in [0, 0.05) is 10.6 Å². The van der Waals surface area contributed by atoms with Gasteiger partial charge in [0.1, 0.15) is 5.40 Å². The van der Waals surface area contributed by atoms with Crippen molar-refractivity contribution in [1.29, 1.82) is 5.26 Å². The van der Waals surface area contributed by atoms with E-state index in [-0.39, 0.29) is 11.3 Å². The predicted octanol–water partition coefficient (Wildman–Crippen LogP) is 1.94. The van der Waals surface area contributed by atoms with E-state index < -0.39 is 17.7 Å². The van der Waals surface area contributed by atoms with E-state index in [2.05, 4.69) is 10.6 Å². The zero-order valence-electron chi connectivity index (χ0n) is 12.3. The van der Waals surface area contributed by atoms with E-state index in [0.29, 0.717) is 5.69 Å². The predicted molar refractivity (Wildman–Crippen MR) is 90.1 cm³/mol. The highest BCUT2D eigenvalue weighted by molar-refractivity contribution is 8.03. The Bertz CT molecular complexity index is 828. The molecule has 0 unspecified atom stereocenters. The first-order valence-electron chi connectivity index (χ1n) is 6.68. The molecule has 0 aliphatic heterocycles. The molecule has 8 heteroatoms. The van der Waals surface area contributed by atoms with E-state index in [4.69, 9.17) is 11.0 Å². The molecular weight excluding hydrogens is 328 g/mol. The molecule has 120 valence electrons. The number of carbonyl (C=O) groups is 3. The number of rotatable bonds is 4. The van der Waals surface area contributed by atoms with Crippen molar-refractivity contribution in [2.75, 3.05) is 10.6 Å². The molecule has 3 amide bonds. The van der Waals surface area contributed by atoms with Gasteiger partial charge in [0.05, 0.1) is 11.3 Å². The Kier molecular flexibility index (Phi) is 5.54. The summed E-state index contributed by atoms with van der Waals surface area (Å²) in [7, 11) is 0. The van der Waals surface area contributed by atoms with Crippen molar-refractivity contribution in [2.45, 2.75) is 4.90 Å². The van der Waals surface area contributed by atoms with Crippen LogP contribution in [-0.4, -0.2) is 17.7 Å². The molecule has 0 saturated heterocycles. The summed E-state index contributed by atoms with van der Waals surface area (Å²) >= 11 is 0.985. The van der Waals surface area contributed by atoms with Crippen molar-refractivity contribution < 1.29 is 14.4 Å². The molecule has 0 radical (unpaired) electrons. The highest BCUT2D eigenvalue weighted by atomic mass is 32.2. The minimum atomic E-state index is -0.931. The van der Waals surface area contributed by atoms with Gasteiger partial charge in [-0.25, -0.2) is 0 Å². The summed E-state index contributed by atoms with van der Waals surface area (Å²) in [5.74, 6) is -2.54. The van der Waals surface area contributed by atoms with Gasteiger partial charge >= 0.3 is 11.8 Å². The summed E-state index contributed by atoms with van der Waals surface area (Å²) in [6.07, 6.45) is 0. The Hall–Kier alpha value is -3.31. The van der Waals surface area contributed by atoms with E-state index in [1.165, 1.54) is 12.1 Å². The Morgan fingerprint density at radius 3 is 2.21 bits per heavy atom. The van der Waals surface area contributed by atoms with Gasteiger partial charge in [0.25, 0.3) is 5.91 Å². The number of nitriles is 1. The quantitative estimate of drug-likeness (QED) is 0.445. The third-order valence-electron chi connectivity index (χ3n) is 2.92. The number of hydrogen-bond acceptors (Lipinski definition) is 5. The van der Waals surface area contributed by atoms with Gasteiger partial charge in [-0.2, -0.15) is 5.26 Å². The molecule has 0 heterocycles. The van der Waals surface area contributed by atoms with Crippen molar-refractivity contribution in [3.8, 4) is 5.40 Å². The minimum Gasteiger partial charge on any atom is -0.366 e. The maximum Gasteiger partial charge on any atom is 0.314 e. The molecule has 0 fully saturated rings. The average Bonchev–Trinajstić information content (AvgIpc) is 2.57. The van der Waals surface area contributed by atoms with Gasteiger partial charge in [0.15, 0.2) is 0 Å². The SMILES string of the molecule is N#CSc1ccc(NC(=O)C(=O)Nc2ccccc2C(N)=O)cc1. The fraction of sp³-hybridized carbons (Fsp3) is 0. The number of benzene rings is 2. The van der Waals surface area contributed by atoms with Gasteiger partial charge < -0.3 is 16.4 Å². The lowest BCUT2D eigenvalue weighted by molar-refractivity contribution is -0.133. The molecule has 2 aromatic carbocycles. The Morgan fingerprint density at radius 2 is 1.58 bits per heavy atom. The molecule has 0 aliphatic rings. The number of primary amides is 1. The molecule has 2 aromatic rings. The zero-order chi connectivity index (χ0) is 17.5. The lowest BCUT2D eigenvalue weighted by atomic mass is 10.1. The number of para-hydroxylation sites is 1. The molecule has 0 saturated carbocycles. The smallest absolute Gasteiger partial charge is 0.314 e. The van der Waals surface area contributed by atoms with Gasteiger partial charge in [-0.3, -0.25) is 14.4 Å². The lowest BCUT2D eigenvalue weighted by Gasteiger charge is -2.09. The van der Waals surface area contributed by atoms with Crippen LogP contribution in [0.1, 0.15) is 10.4 Å². The van der Waals surface area contributed by atoms with Crippen molar-refractivity contribution in [3.05, 3.63) is 54.1 Å². The minimum absolute atomic E-state index is 0.108. The largest absolute Gasteiger partial charge is 0.366 e. The van der Waals surface area contributed by atoms with E-state index in [1.54, 1.807) is 36.4 Å². The molecule has 0 aromatic heterocycles. The van der Waals surface area contributed by atoms with Crippen molar-refractivity contribution in [1.82, 2.24) is 0 Å². The maximum atomic E-state index is 11.9. The van der Waals surface area contributed by atoms with Gasteiger partial charge in [-0.15, -0.1) is 0 Å². The van der Waals surface area contributed by atoms with Crippen molar-refractivity contribution in [2.24, 2.45) is 5.73 Å². The topological polar surface area (TPSA) is 125 Å². The number of nitrogens with one attached hydrogen (secondary N) is 2. The first-order valence-corrected chi connectivity index (χ1v) is 7.50. The van der Waals surface area contributed by atoms with Crippen LogP contribution in [0.5, 0.6) is 0 Å². The molecular formula is C16H12N4O3S. The maximum absolute atomic E-state index is 11.9. The van der Waals surface area contributed by atoms with Crippen LogP contribution in [-0.2, 0) is 9.59 Å². The number of thioether (sulfide) groups is 1. The second-order valence-corrected chi connectivity index (χ2v) is 5.39. The van der Waals surface area contributed by atoms with Crippen LogP contribution in [0, 0.1) is 10.7 Å². The number of carbonyl (C=O) groups excluding carboxylic acids is 3. The van der Waals surface area contributed by atoms with Crippen molar-refractivity contribution >= 4 is 40.9 Å². The van der Waals surface area contributed by atoms with Crippen LogP contribution < -0.4 is 16.4 Å². The summed E-state index contributed by atoms with van der Waals surface area (Å²) in [4.78, 5) is 35.9. The van der Waals surface area contributed by atoms with E-state index in [1.807, 2.05) is 5.40 Å². The van der Waals surface area contributed by atoms with Gasteiger partial charge in [-0.1, -0.05) is 12.1 Å². The number of nitrogens with zero attached hydrogens (tertiary/aromatic N) is 1. The van der Waals surface area contributed by atoms with Gasteiger partial charge in [0.2, 0.25) is 0 Å². The molecule has 0 aliphatic carbocycles. The van der Waals surface area contributed by atoms with E-state index in [0.717, 1.165) is 16.7 Å². The molecule has 0 atom stereocenters. The third kappa shape index (κ3) is 4.34. The number of nitrogens with two attached hydrogens (primary N) is 1. The molecule has 7 nitrogen and oxygen atoms in total. The standard InChI is InChI=1S/C16H12N4O3S/c17-9-24-11-7-5-10(6-8-11)19-15(22)16(23)20-13-4-2-1-3-12(13)14(18)21/h1-8H,(H2,18,21)(H,19,22)(H,20,23). The lowest BCUT2D eigenvalue weighted by Crippen LogP contribution is -2.30. The Balaban J connectivity index is 2.04. The Morgan fingerprint density at radius 1 is 0.958 bits per heavy atom. The van der Waals surface area contributed by atoms with Crippen LogP contribution in [0.4, 0.5) is 11.4 Å². The highest BCUT2D eigenvalue weighted by Crippen LogP contribution is 2.19. The second kappa shape index (κ2) is 7.80. The molecule has 0 spiro atoms. The van der Waals surface area contributed by atoms with Crippen LogP contribution in [0.25, 0.3) is 0 Å². The van der Waals surface area contributed by atoms with E-state index >= 15 is 0 Å². The normalized spacial score (nSPS) is 9.62. The van der Waals surface area contributed by atoms with Crippen LogP contribution in [0.2, 0.25) is 0 Å².